The topological polar surface area (TPSA) is 59.1 Å². The van der Waals surface area contributed by atoms with Crippen LogP contribution in [0.4, 0.5) is 0 Å². The van der Waals surface area contributed by atoms with E-state index in [0.717, 1.165) is 16.9 Å². The van der Waals surface area contributed by atoms with Gasteiger partial charge in [-0.05, 0) is 32.0 Å². The Morgan fingerprint density at radius 3 is 2.80 bits per heavy atom. The summed E-state index contributed by atoms with van der Waals surface area (Å²) in [6.07, 6.45) is 0.306. The van der Waals surface area contributed by atoms with Crippen molar-refractivity contribution in [3.63, 3.8) is 0 Å². The van der Waals surface area contributed by atoms with Gasteiger partial charge >= 0.3 is 0 Å². The highest BCUT2D eigenvalue weighted by atomic mass is 16.5. The van der Waals surface area contributed by atoms with E-state index >= 15 is 0 Å². The van der Waals surface area contributed by atoms with E-state index in [2.05, 4.69) is 6.07 Å². The molecule has 0 saturated carbocycles. The Morgan fingerprint density at radius 1 is 1.23 bits per heavy atom. The maximum absolute atomic E-state index is 13.7. The van der Waals surface area contributed by atoms with E-state index in [1.807, 2.05) is 47.9 Å². The molecule has 2 aliphatic heterocycles. The number of ether oxygens (including phenoxy) is 2. The van der Waals surface area contributed by atoms with E-state index in [1.165, 1.54) is 0 Å². The fraction of sp³-hybridized carbons (Fsp3) is 0.417. The van der Waals surface area contributed by atoms with Gasteiger partial charge in [0.25, 0.3) is 5.91 Å². The molecule has 0 unspecified atom stereocenters. The van der Waals surface area contributed by atoms with Gasteiger partial charge in [-0.15, -0.1) is 0 Å². The molecule has 0 aromatic heterocycles. The number of amides is 2. The normalized spacial score (nSPS) is 21.1. The molecule has 2 atom stereocenters. The van der Waals surface area contributed by atoms with E-state index < -0.39 is 0 Å². The summed E-state index contributed by atoms with van der Waals surface area (Å²) in [5.41, 5.74) is 2.65. The number of carbonyl (C=O) groups excluding carboxylic acids is 2. The van der Waals surface area contributed by atoms with Gasteiger partial charge in [0.2, 0.25) is 5.91 Å². The first-order chi connectivity index (χ1) is 14.5. The highest BCUT2D eigenvalue weighted by Crippen LogP contribution is 2.42. The summed E-state index contributed by atoms with van der Waals surface area (Å²) in [7, 11) is 1.57. The van der Waals surface area contributed by atoms with Gasteiger partial charge in [0.15, 0.2) is 0 Å². The molecule has 2 heterocycles. The molecule has 2 aromatic carbocycles. The van der Waals surface area contributed by atoms with Crippen LogP contribution in [0.2, 0.25) is 0 Å². The van der Waals surface area contributed by atoms with Gasteiger partial charge in [-0.25, -0.2) is 0 Å². The number of benzene rings is 2. The maximum Gasteiger partial charge on any atom is 0.258 e. The van der Waals surface area contributed by atoms with Crippen LogP contribution in [0.15, 0.2) is 42.5 Å². The van der Waals surface area contributed by atoms with E-state index in [9.17, 15) is 9.59 Å². The monoisotopic (exact) mass is 408 g/mol. The molecule has 1 fully saturated rings. The number of hydrogen-bond acceptors (Lipinski definition) is 4. The summed E-state index contributed by atoms with van der Waals surface area (Å²) in [4.78, 5) is 30.2. The Morgan fingerprint density at radius 2 is 2.03 bits per heavy atom. The predicted molar refractivity (Wildman–Crippen MR) is 114 cm³/mol. The van der Waals surface area contributed by atoms with Crippen LogP contribution < -0.4 is 9.47 Å². The third-order valence-corrected chi connectivity index (χ3v) is 6.07. The summed E-state index contributed by atoms with van der Waals surface area (Å²) in [5.74, 6) is 1.31. The Balaban J connectivity index is 1.81. The van der Waals surface area contributed by atoms with E-state index in [-0.39, 0.29) is 23.8 Å². The molecule has 0 radical (unpaired) electrons. The minimum Gasteiger partial charge on any atom is -0.496 e. The predicted octanol–water partition coefficient (Wildman–Crippen LogP) is 3.45. The number of para-hydroxylation sites is 1. The van der Waals surface area contributed by atoms with Crippen LogP contribution in [0.5, 0.6) is 11.5 Å². The highest BCUT2D eigenvalue weighted by Gasteiger charge is 2.41. The number of fused-ring (bicyclic) bond motifs is 3. The van der Waals surface area contributed by atoms with Crippen molar-refractivity contribution >= 4 is 11.8 Å². The summed E-state index contributed by atoms with van der Waals surface area (Å²) >= 11 is 0. The van der Waals surface area contributed by atoms with Gasteiger partial charge in [-0.2, -0.15) is 0 Å². The number of carbonyl (C=O) groups is 2. The van der Waals surface area contributed by atoms with Crippen LogP contribution >= 0.6 is 0 Å². The maximum atomic E-state index is 13.7. The molecular formula is C24H28N2O4. The average Bonchev–Trinajstić information content (AvgIpc) is 2.76. The Kier molecular flexibility index (Phi) is 5.66. The highest BCUT2D eigenvalue weighted by molar-refractivity contribution is 5.97. The van der Waals surface area contributed by atoms with Gasteiger partial charge in [-0.1, -0.05) is 29.8 Å². The zero-order valence-electron chi connectivity index (χ0n) is 17.8. The van der Waals surface area contributed by atoms with Crippen molar-refractivity contribution in [1.82, 2.24) is 9.80 Å². The Labute approximate surface area is 177 Å². The van der Waals surface area contributed by atoms with Crippen molar-refractivity contribution in [3.8, 4) is 11.5 Å². The first kappa shape index (κ1) is 20.3. The second-order valence-corrected chi connectivity index (χ2v) is 7.94. The SMILES string of the molecule is CCN1C[C@H]2COc3ccc(C)cc3[C@H]2N(C(=O)c2ccccc2OC)CCC1=O. The molecule has 2 aromatic rings. The Bertz CT molecular complexity index is 958. The molecule has 0 spiro atoms. The van der Waals surface area contributed by atoms with Crippen LogP contribution in [-0.2, 0) is 4.79 Å². The number of rotatable bonds is 3. The van der Waals surface area contributed by atoms with E-state index in [0.29, 0.717) is 44.0 Å². The molecule has 2 aliphatic rings. The fourth-order valence-electron chi connectivity index (χ4n) is 4.55. The minimum absolute atomic E-state index is 0.00200. The first-order valence-electron chi connectivity index (χ1n) is 10.5. The van der Waals surface area contributed by atoms with Crippen molar-refractivity contribution in [3.05, 3.63) is 59.2 Å². The van der Waals surface area contributed by atoms with Crippen molar-refractivity contribution < 1.29 is 19.1 Å². The number of aryl methyl sites for hydroxylation is 1. The molecular weight excluding hydrogens is 380 g/mol. The molecule has 4 rings (SSSR count). The lowest BCUT2D eigenvalue weighted by atomic mass is 9.86. The van der Waals surface area contributed by atoms with Gasteiger partial charge in [0, 0.05) is 37.5 Å². The second kappa shape index (κ2) is 8.38. The van der Waals surface area contributed by atoms with Crippen LogP contribution in [0.3, 0.4) is 0 Å². The summed E-state index contributed by atoms with van der Waals surface area (Å²) in [6, 6.07) is 13.2. The van der Waals surface area contributed by atoms with Crippen molar-refractivity contribution in [2.24, 2.45) is 5.92 Å². The molecule has 0 N–H and O–H groups in total. The molecule has 158 valence electrons. The largest absolute Gasteiger partial charge is 0.496 e. The molecule has 0 aliphatic carbocycles. The number of nitrogens with zero attached hydrogens (tertiary/aromatic N) is 2. The Hall–Kier alpha value is -3.02. The standard InChI is InChI=1S/C24H28N2O4/c1-4-25-14-17-15-30-21-10-9-16(2)13-19(21)23(17)26(12-11-22(25)27)24(28)18-7-5-6-8-20(18)29-3/h5-10,13,17,23H,4,11-12,14-15H2,1-3H3/t17-,23-/m0/s1. The fourth-order valence-corrected chi connectivity index (χ4v) is 4.55. The minimum atomic E-state index is -0.159. The van der Waals surface area contributed by atoms with E-state index in [1.54, 1.807) is 19.2 Å². The summed E-state index contributed by atoms with van der Waals surface area (Å²) in [5, 5.41) is 0. The van der Waals surface area contributed by atoms with Gasteiger partial charge in [-0.3, -0.25) is 9.59 Å². The van der Waals surface area contributed by atoms with Gasteiger partial charge in [0.1, 0.15) is 11.5 Å². The van der Waals surface area contributed by atoms with Crippen LogP contribution in [-0.4, -0.2) is 55.0 Å². The zero-order chi connectivity index (χ0) is 21.3. The quantitative estimate of drug-likeness (QED) is 0.781. The third kappa shape index (κ3) is 3.62. The number of hydrogen-bond donors (Lipinski definition) is 0. The lowest BCUT2D eigenvalue weighted by molar-refractivity contribution is -0.134. The van der Waals surface area contributed by atoms with Crippen molar-refractivity contribution in [1.29, 1.82) is 0 Å². The van der Waals surface area contributed by atoms with Crippen molar-refractivity contribution in [2.75, 3.05) is 33.4 Å². The third-order valence-electron chi connectivity index (χ3n) is 6.07. The van der Waals surface area contributed by atoms with E-state index in [4.69, 9.17) is 9.47 Å². The van der Waals surface area contributed by atoms with Gasteiger partial charge in [0.05, 0.1) is 25.3 Å². The second-order valence-electron chi connectivity index (χ2n) is 7.94. The molecule has 6 heteroatoms. The van der Waals surface area contributed by atoms with Crippen LogP contribution in [0.25, 0.3) is 0 Å². The lowest BCUT2D eigenvalue weighted by Crippen LogP contribution is -2.51. The number of methoxy groups -OCH3 is 1. The van der Waals surface area contributed by atoms with Crippen LogP contribution in [0.1, 0.15) is 40.9 Å². The molecule has 2 amide bonds. The molecule has 1 saturated heterocycles. The first-order valence-corrected chi connectivity index (χ1v) is 10.5. The van der Waals surface area contributed by atoms with Gasteiger partial charge < -0.3 is 19.3 Å². The lowest BCUT2D eigenvalue weighted by Gasteiger charge is -2.44. The molecule has 0 bridgehead atoms. The summed E-state index contributed by atoms with van der Waals surface area (Å²) < 4.78 is 11.5. The zero-order valence-corrected chi connectivity index (χ0v) is 17.8. The van der Waals surface area contributed by atoms with Crippen LogP contribution in [0, 0.1) is 12.8 Å². The summed E-state index contributed by atoms with van der Waals surface area (Å²) in [6.45, 7) is 6.10. The smallest absolute Gasteiger partial charge is 0.258 e. The molecule has 30 heavy (non-hydrogen) atoms. The molecule has 6 nitrogen and oxygen atoms in total. The van der Waals surface area contributed by atoms with Crippen molar-refractivity contribution in [2.45, 2.75) is 26.3 Å². The average molecular weight is 408 g/mol.